The summed E-state index contributed by atoms with van der Waals surface area (Å²) in [4.78, 5) is 8.38. The topological polar surface area (TPSA) is 103 Å². The lowest BCUT2D eigenvalue weighted by Crippen LogP contribution is -2.10. The zero-order valence-corrected chi connectivity index (χ0v) is 16.6. The van der Waals surface area contributed by atoms with Gasteiger partial charge in [-0.3, -0.25) is 0 Å². The maximum atomic E-state index is 13.2. The molecule has 0 amide bonds. The molecule has 4 aromatic rings. The molecule has 0 aliphatic heterocycles. The Labute approximate surface area is 168 Å². The molecule has 3 heterocycles. The zero-order valence-electron chi connectivity index (χ0n) is 15.8. The van der Waals surface area contributed by atoms with Crippen LogP contribution < -0.4 is 5.32 Å². The van der Waals surface area contributed by atoms with Gasteiger partial charge in [-0.25, -0.2) is 13.4 Å². The molecule has 3 aromatic heterocycles. The Morgan fingerprint density at radius 2 is 2.00 bits per heavy atom. The molecule has 4 rings (SSSR count). The Bertz CT molecular complexity index is 1160. The van der Waals surface area contributed by atoms with Crippen molar-refractivity contribution in [2.24, 2.45) is 0 Å². The zero-order chi connectivity index (χ0) is 20.3. The molecule has 1 N–H and O–H groups in total. The first-order valence-corrected chi connectivity index (χ1v) is 10.6. The summed E-state index contributed by atoms with van der Waals surface area (Å²) in [5.41, 5.74) is 0.971. The number of sulfone groups is 1. The van der Waals surface area contributed by atoms with Crippen molar-refractivity contribution in [3.63, 3.8) is 0 Å². The number of nitrogens with zero attached hydrogens (tertiary/aromatic N) is 3. The third-order valence-electron chi connectivity index (χ3n) is 4.35. The Kier molecular flexibility index (Phi) is 5.22. The monoisotopic (exact) mass is 412 g/mol. The highest BCUT2D eigenvalue weighted by atomic mass is 32.2. The van der Waals surface area contributed by atoms with E-state index in [4.69, 9.17) is 8.83 Å². The fourth-order valence-electron chi connectivity index (χ4n) is 2.82. The van der Waals surface area contributed by atoms with Crippen molar-refractivity contribution in [2.75, 3.05) is 11.9 Å². The lowest BCUT2D eigenvalue weighted by molar-refractivity contribution is 0.521. The lowest BCUT2D eigenvalue weighted by Gasteiger charge is -2.07. The highest BCUT2D eigenvalue weighted by Gasteiger charge is 2.29. The Hall–Kier alpha value is -3.33. The predicted octanol–water partition coefficient (Wildman–Crippen LogP) is 3.77. The van der Waals surface area contributed by atoms with Crippen molar-refractivity contribution >= 4 is 15.7 Å². The van der Waals surface area contributed by atoms with Crippen LogP contribution in [0.3, 0.4) is 0 Å². The SMILES string of the molecule is Cc1ccc(S(=O)(=O)c2nc(-c3ccco3)oc2NCCCn2ccnc2)cc1. The average Bonchev–Trinajstić information content (AvgIpc) is 3.47. The van der Waals surface area contributed by atoms with Crippen LogP contribution in [-0.4, -0.2) is 29.5 Å². The van der Waals surface area contributed by atoms with E-state index in [0.29, 0.717) is 12.3 Å². The second kappa shape index (κ2) is 7.96. The van der Waals surface area contributed by atoms with Crippen molar-refractivity contribution in [3.05, 3.63) is 66.9 Å². The van der Waals surface area contributed by atoms with Gasteiger partial charge in [0.05, 0.1) is 17.5 Å². The third kappa shape index (κ3) is 4.09. The number of furan rings is 1. The van der Waals surface area contributed by atoms with Crippen LogP contribution >= 0.6 is 0 Å². The van der Waals surface area contributed by atoms with E-state index >= 15 is 0 Å². The molecular formula is C20H20N4O4S. The van der Waals surface area contributed by atoms with Gasteiger partial charge in [-0.15, -0.1) is 0 Å². The van der Waals surface area contributed by atoms with E-state index in [-0.39, 0.29) is 21.7 Å². The molecule has 1 aromatic carbocycles. The summed E-state index contributed by atoms with van der Waals surface area (Å²) in [5.74, 6) is 0.567. The summed E-state index contributed by atoms with van der Waals surface area (Å²) in [6, 6.07) is 9.98. The Morgan fingerprint density at radius 1 is 1.17 bits per heavy atom. The van der Waals surface area contributed by atoms with Gasteiger partial charge < -0.3 is 18.7 Å². The normalized spacial score (nSPS) is 11.6. The van der Waals surface area contributed by atoms with Crippen LogP contribution in [0, 0.1) is 6.92 Å². The number of anilines is 1. The van der Waals surface area contributed by atoms with E-state index in [1.165, 1.54) is 6.26 Å². The van der Waals surface area contributed by atoms with Crippen molar-refractivity contribution in [1.29, 1.82) is 0 Å². The minimum atomic E-state index is -3.86. The van der Waals surface area contributed by atoms with Gasteiger partial charge in [-0.2, -0.15) is 4.98 Å². The van der Waals surface area contributed by atoms with E-state index in [1.54, 1.807) is 48.9 Å². The van der Waals surface area contributed by atoms with E-state index in [2.05, 4.69) is 15.3 Å². The molecule has 8 nitrogen and oxygen atoms in total. The molecule has 29 heavy (non-hydrogen) atoms. The Morgan fingerprint density at radius 3 is 2.69 bits per heavy atom. The quantitative estimate of drug-likeness (QED) is 0.439. The number of nitrogens with one attached hydrogen (secondary N) is 1. The van der Waals surface area contributed by atoms with Crippen LogP contribution in [0.1, 0.15) is 12.0 Å². The molecule has 0 bridgehead atoms. The molecule has 150 valence electrons. The number of benzene rings is 1. The maximum Gasteiger partial charge on any atom is 0.266 e. The minimum absolute atomic E-state index is 0.0996. The maximum absolute atomic E-state index is 13.2. The number of rotatable bonds is 8. The molecule has 0 aliphatic rings. The van der Waals surface area contributed by atoms with Gasteiger partial charge in [0.1, 0.15) is 0 Å². The van der Waals surface area contributed by atoms with E-state index in [0.717, 1.165) is 18.5 Å². The second-order valence-electron chi connectivity index (χ2n) is 6.53. The van der Waals surface area contributed by atoms with Gasteiger partial charge in [-0.1, -0.05) is 17.7 Å². The van der Waals surface area contributed by atoms with Crippen LogP contribution in [-0.2, 0) is 16.4 Å². The summed E-state index contributed by atoms with van der Waals surface area (Å²) >= 11 is 0. The standard InChI is InChI=1S/C20H20N4O4S/c1-15-5-7-16(8-6-15)29(25,26)20-19(22-9-3-11-24-12-10-21-14-24)28-18(23-20)17-4-2-13-27-17/h2,4-8,10,12-14,22H,3,9,11H2,1H3. The summed E-state index contributed by atoms with van der Waals surface area (Å²) in [5, 5.41) is 2.90. The molecule has 0 unspecified atom stereocenters. The number of hydrogen-bond donors (Lipinski definition) is 1. The van der Waals surface area contributed by atoms with Gasteiger partial charge in [0.25, 0.3) is 5.89 Å². The van der Waals surface area contributed by atoms with Gasteiger partial charge >= 0.3 is 0 Å². The van der Waals surface area contributed by atoms with Gasteiger partial charge in [0.2, 0.25) is 20.7 Å². The van der Waals surface area contributed by atoms with Gasteiger partial charge in [0, 0.05) is 25.5 Å². The predicted molar refractivity (Wildman–Crippen MR) is 106 cm³/mol. The van der Waals surface area contributed by atoms with Gasteiger partial charge in [-0.05, 0) is 37.6 Å². The highest BCUT2D eigenvalue weighted by Crippen LogP contribution is 2.32. The number of oxazole rings is 1. The van der Waals surface area contributed by atoms with Crippen LogP contribution in [0.15, 0.2) is 80.1 Å². The van der Waals surface area contributed by atoms with E-state index in [1.807, 2.05) is 17.7 Å². The summed E-state index contributed by atoms with van der Waals surface area (Å²) < 4.78 is 39.3. The third-order valence-corrected chi connectivity index (χ3v) is 6.03. The van der Waals surface area contributed by atoms with Crippen molar-refractivity contribution in [3.8, 4) is 11.7 Å². The number of aryl methyl sites for hydroxylation is 2. The second-order valence-corrected chi connectivity index (χ2v) is 8.39. The molecule has 9 heteroatoms. The molecular weight excluding hydrogens is 392 g/mol. The molecule has 0 fully saturated rings. The van der Waals surface area contributed by atoms with Crippen LogP contribution in [0.4, 0.5) is 5.88 Å². The first kappa shape index (κ1) is 19.0. The average molecular weight is 412 g/mol. The summed E-state index contributed by atoms with van der Waals surface area (Å²) in [7, 11) is -3.86. The Balaban J connectivity index is 1.61. The van der Waals surface area contributed by atoms with Crippen molar-refractivity contribution in [2.45, 2.75) is 29.8 Å². The fourth-order valence-corrected chi connectivity index (χ4v) is 4.10. The first-order chi connectivity index (χ1) is 14.0. The molecule has 0 radical (unpaired) electrons. The summed E-state index contributed by atoms with van der Waals surface area (Å²) in [6.07, 6.45) is 7.54. The van der Waals surface area contributed by atoms with Crippen LogP contribution in [0.25, 0.3) is 11.7 Å². The molecule has 0 atom stereocenters. The first-order valence-electron chi connectivity index (χ1n) is 9.10. The highest BCUT2D eigenvalue weighted by molar-refractivity contribution is 7.91. The van der Waals surface area contributed by atoms with E-state index in [9.17, 15) is 8.42 Å². The largest absolute Gasteiger partial charge is 0.459 e. The molecule has 0 spiro atoms. The van der Waals surface area contributed by atoms with Crippen LogP contribution in [0.2, 0.25) is 0 Å². The van der Waals surface area contributed by atoms with Crippen molar-refractivity contribution < 1.29 is 17.3 Å². The number of aromatic nitrogens is 3. The minimum Gasteiger partial charge on any atom is -0.459 e. The molecule has 0 saturated heterocycles. The molecule has 0 aliphatic carbocycles. The van der Waals surface area contributed by atoms with Crippen LogP contribution in [0.5, 0.6) is 0 Å². The number of imidazole rings is 1. The van der Waals surface area contributed by atoms with Gasteiger partial charge in [0.15, 0.2) is 5.76 Å². The smallest absolute Gasteiger partial charge is 0.266 e. The lowest BCUT2D eigenvalue weighted by atomic mass is 10.2. The number of hydrogen-bond acceptors (Lipinski definition) is 7. The van der Waals surface area contributed by atoms with Crippen molar-refractivity contribution in [1.82, 2.24) is 14.5 Å². The van der Waals surface area contributed by atoms with E-state index < -0.39 is 9.84 Å². The summed E-state index contributed by atoms with van der Waals surface area (Å²) in [6.45, 7) is 3.14. The fraction of sp³-hybridized carbons (Fsp3) is 0.200. The molecule has 0 saturated carbocycles.